The maximum absolute atomic E-state index is 13.2. The molecule has 94 valence electrons. The molecule has 2 nitrogen and oxygen atoms in total. The molecule has 1 aliphatic rings. The van der Waals surface area contributed by atoms with Gasteiger partial charge in [-0.3, -0.25) is 0 Å². The van der Waals surface area contributed by atoms with Gasteiger partial charge in [-0.25, -0.2) is 8.78 Å². The van der Waals surface area contributed by atoms with Crippen molar-refractivity contribution in [1.82, 2.24) is 5.32 Å². The van der Waals surface area contributed by atoms with E-state index in [4.69, 9.17) is 4.74 Å². The predicted octanol–water partition coefficient (Wildman–Crippen LogP) is 2.28. The number of hydrogen-bond acceptors (Lipinski definition) is 2. The van der Waals surface area contributed by atoms with Gasteiger partial charge in [-0.1, -0.05) is 6.07 Å². The van der Waals surface area contributed by atoms with E-state index in [2.05, 4.69) is 5.32 Å². The fourth-order valence-corrected chi connectivity index (χ4v) is 1.63. The van der Waals surface area contributed by atoms with Gasteiger partial charge in [-0.15, -0.1) is 0 Å². The third-order valence-electron chi connectivity index (χ3n) is 2.79. The minimum atomic E-state index is -0.541. The van der Waals surface area contributed by atoms with E-state index in [0.29, 0.717) is 31.2 Å². The Balaban J connectivity index is 1.60. The van der Waals surface area contributed by atoms with E-state index in [-0.39, 0.29) is 0 Å². The molecular formula is C13H17F2NO. The molecule has 1 aromatic carbocycles. The van der Waals surface area contributed by atoms with Crippen LogP contribution in [0.15, 0.2) is 18.2 Å². The minimum absolute atomic E-state index is 0.467. The smallest absolute Gasteiger partial charge is 0.129 e. The number of ether oxygens (including phenoxy) is 1. The van der Waals surface area contributed by atoms with Gasteiger partial charge in [0.05, 0.1) is 13.2 Å². The summed E-state index contributed by atoms with van der Waals surface area (Å²) in [6, 6.07) is 4.33. The number of rotatable bonds is 7. The quantitative estimate of drug-likeness (QED) is 0.739. The van der Waals surface area contributed by atoms with Crippen molar-refractivity contribution in [1.29, 1.82) is 0 Å². The summed E-state index contributed by atoms with van der Waals surface area (Å²) in [5.74, 6) is -1.04. The molecule has 0 radical (unpaired) electrons. The third kappa shape index (κ3) is 4.40. The van der Waals surface area contributed by atoms with Crippen LogP contribution in [0, 0.1) is 11.6 Å². The van der Waals surface area contributed by atoms with Crippen molar-refractivity contribution in [2.24, 2.45) is 0 Å². The lowest BCUT2D eigenvalue weighted by molar-refractivity contribution is 0.138. The van der Waals surface area contributed by atoms with Gasteiger partial charge in [0.1, 0.15) is 11.6 Å². The highest BCUT2D eigenvalue weighted by Gasteiger charge is 2.19. The maximum atomic E-state index is 13.2. The van der Waals surface area contributed by atoms with Crippen LogP contribution in [-0.2, 0) is 11.2 Å². The second-order valence-corrected chi connectivity index (χ2v) is 4.33. The fraction of sp³-hybridized carbons (Fsp3) is 0.538. The van der Waals surface area contributed by atoms with Crippen molar-refractivity contribution in [3.05, 3.63) is 35.4 Å². The number of benzene rings is 1. The first-order chi connectivity index (χ1) is 8.25. The maximum Gasteiger partial charge on any atom is 0.129 e. The van der Waals surface area contributed by atoms with Crippen molar-refractivity contribution >= 4 is 0 Å². The monoisotopic (exact) mass is 241 g/mol. The molecule has 17 heavy (non-hydrogen) atoms. The summed E-state index contributed by atoms with van der Waals surface area (Å²) in [4.78, 5) is 0. The average molecular weight is 241 g/mol. The zero-order valence-corrected chi connectivity index (χ0v) is 9.72. The molecule has 4 heteroatoms. The lowest BCUT2D eigenvalue weighted by Crippen LogP contribution is -2.22. The molecule has 0 bridgehead atoms. The Morgan fingerprint density at radius 3 is 2.76 bits per heavy atom. The van der Waals surface area contributed by atoms with Gasteiger partial charge >= 0.3 is 0 Å². The molecule has 0 saturated heterocycles. The van der Waals surface area contributed by atoms with E-state index in [1.54, 1.807) is 0 Å². The van der Waals surface area contributed by atoms with Crippen LogP contribution in [0.1, 0.15) is 18.4 Å². The summed E-state index contributed by atoms with van der Waals surface area (Å²) in [6.07, 6.45) is 3.01. The predicted molar refractivity (Wildman–Crippen MR) is 61.9 cm³/mol. The normalized spacial score (nSPS) is 15.2. The van der Waals surface area contributed by atoms with Crippen LogP contribution in [0.3, 0.4) is 0 Å². The van der Waals surface area contributed by atoms with Crippen LogP contribution < -0.4 is 5.32 Å². The van der Waals surface area contributed by atoms with Gasteiger partial charge in [0, 0.05) is 18.7 Å². The molecule has 0 aliphatic heterocycles. The van der Waals surface area contributed by atoms with E-state index in [1.807, 2.05) is 0 Å². The zero-order valence-electron chi connectivity index (χ0n) is 9.72. The zero-order chi connectivity index (χ0) is 12.1. The molecule has 0 unspecified atom stereocenters. The van der Waals surface area contributed by atoms with Crippen molar-refractivity contribution in [2.45, 2.75) is 25.3 Å². The first-order valence-electron chi connectivity index (χ1n) is 6.01. The minimum Gasteiger partial charge on any atom is -0.380 e. The van der Waals surface area contributed by atoms with Crippen LogP contribution in [0.5, 0.6) is 0 Å². The molecule has 0 heterocycles. The van der Waals surface area contributed by atoms with E-state index >= 15 is 0 Å². The Morgan fingerprint density at radius 2 is 2.06 bits per heavy atom. The van der Waals surface area contributed by atoms with Gasteiger partial charge in [0.15, 0.2) is 0 Å². The standard InChI is InChI=1S/C13H17F2NO/c14-11-2-1-10(13(15)9-11)5-7-17-8-6-16-12-3-4-12/h1-2,9,12,16H,3-8H2. The summed E-state index contributed by atoms with van der Waals surface area (Å²) < 4.78 is 31.2. The molecule has 0 spiro atoms. The number of hydrogen-bond donors (Lipinski definition) is 1. The lowest BCUT2D eigenvalue weighted by Gasteiger charge is -2.06. The van der Waals surface area contributed by atoms with E-state index in [0.717, 1.165) is 12.6 Å². The molecule has 0 amide bonds. The van der Waals surface area contributed by atoms with Crippen molar-refractivity contribution < 1.29 is 13.5 Å². The Morgan fingerprint density at radius 1 is 1.24 bits per heavy atom. The summed E-state index contributed by atoms with van der Waals surface area (Å²) in [7, 11) is 0. The highest BCUT2D eigenvalue weighted by Crippen LogP contribution is 2.17. The summed E-state index contributed by atoms with van der Waals surface area (Å²) in [5.41, 5.74) is 0.501. The van der Waals surface area contributed by atoms with Gasteiger partial charge < -0.3 is 10.1 Å². The van der Waals surface area contributed by atoms with Crippen LogP contribution in [-0.4, -0.2) is 25.8 Å². The highest BCUT2D eigenvalue weighted by molar-refractivity contribution is 5.18. The number of halogens is 2. The summed E-state index contributed by atoms with van der Waals surface area (Å²) in [5, 5.41) is 3.33. The topological polar surface area (TPSA) is 21.3 Å². The van der Waals surface area contributed by atoms with Crippen LogP contribution in [0.2, 0.25) is 0 Å². The van der Waals surface area contributed by atoms with Crippen molar-refractivity contribution in [3.8, 4) is 0 Å². The van der Waals surface area contributed by atoms with Crippen LogP contribution in [0.4, 0.5) is 8.78 Å². The summed E-state index contributed by atoms with van der Waals surface area (Å²) >= 11 is 0. The largest absolute Gasteiger partial charge is 0.380 e. The second kappa shape index (κ2) is 6.07. The molecule has 0 aromatic heterocycles. The van der Waals surface area contributed by atoms with E-state index in [9.17, 15) is 8.78 Å². The average Bonchev–Trinajstić information content (AvgIpc) is 3.09. The molecule has 1 aliphatic carbocycles. The Bertz CT molecular complexity index is 366. The second-order valence-electron chi connectivity index (χ2n) is 4.33. The first kappa shape index (κ1) is 12.5. The molecule has 1 fully saturated rings. The van der Waals surface area contributed by atoms with Gasteiger partial charge in [-0.2, -0.15) is 0 Å². The van der Waals surface area contributed by atoms with Crippen molar-refractivity contribution in [3.63, 3.8) is 0 Å². The Labute approximate surface area is 100.0 Å². The van der Waals surface area contributed by atoms with E-state index < -0.39 is 11.6 Å². The molecule has 2 rings (SSSR count). The fourth-order valence-electron chi connectivity index (χ4n) is 1.63. The molecule has 1 saturated carbocycles. The third-order valence-corrected chi connectivity index (χ3v) is 2.79. The Hall–Kier alpha value is -1.00. The lowest BCUT2D eigenvalue weighted by atomic mass is 10.1. The number of nitrogens with one attached hydrogen (secondary N) is 1. The van der Waals surface area contributed by atoms with Crippen LogP contribution >= 0.6 is 0 Å². The SMILES string of the molecule is Fc1ccc(CCOCCNC2CC2)c(F)c1. The first-order valence-corrected chi connectivity index (χ1v) is 6.01. The van der Waals surface area contributed by atoms with Gasteiger partial charge in [0.25, 0.3) is 0 Å². The molecular weight excluding hydrogens is 224 g/mol. The van der Waals surface area contributed by atoms with E-state index in [1.165, 1.54) is 25.0 Å². The Kier molecular flexibility index (Phi) is 4.45. The van der Waals surface area contributed by atoms with Gasteiger partial charge in [-0.05, 0) is 30.9 Å². The molecule has 1 aromatic rings. The molecule has 1 N–H and O–H groups in total. The van der Waals surface area contributed by atoms with Crippen LogP contribution in [0.25, 0.3) is 0 Å². The summed E-state index contributed by atoms with van der Waals surface area (Å²) in [6.45, 7) is 1.95. The highest BCUT2D eigenvalue weighted by atomic mass is 19.1. The van der Waals surface area contributed by atoms with Crippen molar-refractivity contribution in [2.75, 3.05) is 19.8 Å². The molecule has 0 atom stereocenters. The van der Waals surface area contributed by atoms with Gasteiger partial charge in [0.2, 0.25) is 0 Å².